The first-order valence-electron chi connectivity index (χ1n) is 5.55. The Labute approximate surface area is 98.8 Å². The zero-order chi connectivity index (χ0) is 12.0. The van der Waals surface area contributed by atoms with Crippen LogP contribution in [0.3, 0.4) is 0 Å². The summed E-state index contributed by atoms with van der Waals surface area (Å²) in [7, 11) is 0. The molecule has 0 radical (unpaired) electrons. The smallest absolute Gasteiger partial charge is 0.145 e. The second-order valence-electron chi connectivity index (χ2n) is 4.41. The second kappa shape index (κ2) is 3.38. The van der Waals surface area contributed by atoms with E-state index in [0.29, 0.717) is 5.82 Å². The van der Waals surface area contributed by atoms with Crippen molar-refractivity contribution in [3.05, 3.63) is 35.5 Å². The predicted molar refractivity (Wildman–Crippen MR) is 69.8 cm³/mol. The number of fused-ring (bicyclic) bond motifs is 1. The van der Waals surface area contributed by atoms with Crippen molar-refractivity contribution >= 4 is 16.7 Å². The number of hydrogen-bond donors (Lipinski definition) is 3. The van der Waals surface area contributed by atoms with Crippen molar-refractivity contribution in [2.24, 2.45) is 0 Å². The fraction of sp³-hybridized carbons (Fsp3) is 0.154. The number of aromatic nitrogens is 3. The van der Waals surface area contributed by atoms with Crippen LogP contribution in [0.4, 0.5) is 5.82 Å². The van der Waals surface area contributed by atoms with Crippen LogP contribution < -0.4 is 5.73 Å². The molecule has 0 aliphatic heterocycles. The molecule has 4 nitrogen and oxygen atoms in total. The number of aryl methyl sites for hydroxylation is 2. The van der Waals surface area contributed by atoms with Crippen molar-refractivity contribution < 1.29 is 0 Å². The van der Waals surface area contributed by atoms with Gasteiger partial charge in [0.2, 0.25) is 0 Å². The summed E-state index contributed by atoms with van der Waals surface area (Å²) in [5.41, 5.74) is 11.4. The molecule has 17 heavy (non-hydrogen) atoms. The average Bonchev–Trinajstić information content (AvgIpc) is 2.83. The molecule has 0 atom stereocenters. The van der Waals surface area contributed by atoms with Crippen LogP contribution in [0.25, 0.3) is 22.2 Å². The molecule has 1 aromatic carbocycles. The molecule has 4 heteroatoms. The third-order valence-corrected chi connectivity index (χ3v) is 3.02. The van der Waals surface area contributed by atoms with Crippen LogP contribution in [0.1, 0.15) is 11.1 Å². The standard InChI is InChI=1S/C13H14N4/c1-7-3-8(2)13-9(4-7)10(6-15-13)11-5-12(14)17-16-11/h3-6,15H,1-2H3,(H3,14,16,17). The quantitative estimate of drug-likeness (QED) is 0.597. The molecule has 3 rings (SSSR count). The van der Waals surface area contributed by atoms with Crippen molar-refractivity contribution in [1.29, 1.82) is 0 Å². The molecular weight excluding hydrogens is 212 g/mol. The van der Waals surface area contributed by atoms with E-state index in [0.717, 1.165) is 11.3 Å². The Balaban J connectivity index is 2.31. The summed E-state index contributed by atoms with van der Waals surface area (Å²) in [5, 5.41) is 8.11. The van der Waals surface area contributed by atoms with Crippen LogP contribution in [0.15, 0.2) is 24.4 Å². The summed E-state index contributed by atoms with van der Waals surface area (Å²) in [6, 6.07) is 6.19. The van der Waals surface area contributed by atoms with E-state index < -0.39 is 0 Å². The van der Waals surface area contributed by atoms with Crippen LogP contribution in [-0.4, -0.2) is 15.2 Å². The van der Waals surface area contributed by atoms with Gasteiger partial charge in [0.1, 0.15) is 5.82 Å². The third kappa shape index (κ3) is 1.49. The summed E-state index contributed by atoms with van der Waals surface area (Å²) in [4.78, 5) is 3.30. The molecule has 0 bridgehead atoms. The van der Waals surface area contributed by atoms with Crippen LogP contribution in [-0.2, 0) is 0 Å². The molecule has 0 unspecified atom stereocenters. The van der Waals surface area contributed by atoms with Gasteiger partial charge < -0.3 is 10.7 Å². The second-order valence-corrected chi connectivity index (χ2v) is 4.41. The van der Waals surface area contributed by atoms with Gasteiger partial charge in [-0.1, -0.05) is 11.6 Å². The summed E-state index contributed by atoms with van der Waals surface area (Å²) in [6.07, 6.45) is 1.99. The predicted octanol–water partition coefficient (Wildman–Crippen LogP) is 2.76. The SMILES string of the molecule is Cc1cc(C)c2[nH]cc(-c3cc(N)n[nH]3)c2c1. The number of nitrogen functional groups attached to an aromatic ring is 1. The van der Waals surface area contributed by atoms with Gasteiger partial charge in [0.15, 0.2) is 0 Å². The highest BCUT2D eigenvalue weighted by Gasteiger charge is 2.10. The van der Waals surface area contributed by atoms with E-state index >= 15 is 0 Å². The van der Waals surface area contributed by atoms with E-state index in [1.165, 1.54) is 22.0 Å². The van der Waals surface area contributed by atoms with E-state index in [1.54, 1.807) is 0 Å². The van der Waals surface area contributed by atoms with Crippen molar-refractivity contribution in [1.82, 2.24) is 15.2 Å². The molecule has 0 aliphatic rings. The Kier molecular flexibility index (Phi) is 1.98. The first-order valence-corrected chi connectivity index (χ1v) is 5.55. The van der Waals surface area contributed by atoms with Gasteiger partial charge in [-0.25, -0.2) is 0 Å². The average molecular weight is 226 g/mol. The highest BCUT2D eigenvalue weighted by molar-refractivity contribution is 5.96. The lowest BCUT2D eigenvalue weighted by molar-refractivity contribution is 1.10. The van der Waals surface area contributed by atoms with Gasteiger partial charge in [0.25, 0.3) is 0 Å². The number of anilines is 1. The Morgan fingerprint density at radius 1 is 1.18 bits per heavy atom. The number of rotatable bonds is 1. The van der Waals surface area contributed by atoms with Gasteiger partial charge in [-0.15, -0.1) is 0 Å². The van der Waals surface area contributed by atoms with E-state index in [1.807, 2.05) is 12.3 Å². The van der Waals surface area contributed by atoms with Crippen molar-refractivity contribution in [2.45, 2.75) is 13.8 Å². The maximum atomic E-state index is 5.64. The topological polar surface area (TPSA) is 70.5 Å². The summed E-state index contributed by atoms with van der Waals surface area (Å²) >= 11 is 0. The van der Waals surface area contributed by atoms with E-state index in [2.05, 4.69) is 41.2 Å². The maximum absolute atomic E-state index is 5.64. The summed E-state index contributed by atoms with van der Waals surface area (Å²) in [6.45, 7) is 4.21. The molecule has 2 aromatic heterocycles. The van der Waals surface area contributed by atoms with Crippen molar-refractivity contribution in [3.8, 4) is 11.3 Å². The molecule has 0 saturated carbocycles. The van der Waals surface area contributed by atoms with Gasteiger partial charge in [-0.05, 0) is 25.5 Å². The van der Waals surface area contributed by atoms with Gasteiger partial charge in [-0.3, -0.25) is 5.10 Å². The Bertz CT molecular complexity index is 691. The molecule has 0 amide bonds. The first kappa shape index (κ1) is 9.96. The summed E-state index contributed by atoms with van der Waals surface area (Å²) < 4.78 is 0. The van der Waals surface area contributed by atoms with E-state index in [4.69, 9.17) is 5.73 Å². The molecule has 0 spiro atoms. The molecule has 0 saturated heterocycles. The first-order chi connectivity index (χ1) is 8.15. The highest BCUT2D eigenvalue weighted by Crippen LogP contribution is 2.30. The third-order valence-electron chi connectivity index (χ3n) is 3.02. The fourth-order valence-electron chi connectivity index (χ4n) is 2.29. The number of aromatic amines is 2. The van der Waals surface area contributed by atoms with Crippen LogP contribution in [0.2, 0.25) is 0 Å². The van der Waals surface area contributed by atoms with Gasteiger partial charge in [-0.2, -0.15) is 5.10 Å². The van der Waals surface area contributed by atoms with Gasteiger partial charge in [0.05, 0.1) is 5.69 Å². The van der Waals surface area contributed by atoms with Crippen LogP contribution in [0, 0.1) is 13.8 Å². The summed E-state index contributed by atoms with van der Waals surface area (Å²) in [5.74, 6) is 0.513. The zero-order valence-corrected chi connectivity index (χ0v) is 9.83. The number of H-pyrrole nitrogens is 2. The number of nitrogens with two attached hydrogens (primary N) is 1. The van der Waals surface area contributed by atoms with Crippen molar-refractivity contribution in [2.75, 3.05) is 5.73 Å². The fourth-order valence-corrected chi connectivity index (χ4v) is 2.29. The lowest BCUT2D eigenvalue weighted by atomic mass is 10.0. The molecule has 4 N–H and O–H groups in total. The molecular formula is C13H14N4. The molecule has 86 valence electrons. The number of hydrogen-bond acceptors (Lipinski definition) is 2. The van der Waals surface area contributed by atoms with Gasteiger partial charge >= 0.3 is 0 Å². The minimum Gasteiger partial charge on any atom is -0.382 e. The Hall–Kier alpha value is -2.23. The van der Waals surface area contributed by atoms with E-state index in [-0.39, 0.29) is 0 Å². The van der Waals surface area contributed by atoms with Gasteiger partial charge in [0, 0.05) is 28.7 Å². The normalized spacial score (nSPS) is 11.2. The largest absolute Gasteiger partial charge is 0.382 e. The van der Waals surface area contributed by atoms with Crippen molar-refractivity contribution in [3.63, 3.8) is 0 Å². The van der Waals surface area contributed by atoms with Crippen LogP contribution >= 0.6 is 0 Å². The number of nitrogens with zero attached hydrogens (tertiary/aromatic N) is 1. The number of nitrogens with one attached hydrogen (secondary N) is 2. The monoisotopic (exact) mass is 226 g/mol. The minimum absolute atomic E-state index is 0.513. The highest BCUT2D eigenvalue weighted by atomic mass is 15.2. The van der Waals surface area contributed by atoms with E-state index in [9.17, 15) is 0 Å². The molecule has 3 aromatic rings. The zero-order valence-electron chi connectivity index (χ0n) is 9.83. The lowest BCUT2D eigenvalue weighted by Gasteiger charge is -2.00. The van der Waals surface area contributed by atoms with Crippen LogP contribution in [0.5, 0.6) is 0 Å². The minimum atomic E-state index is 0.513. The Morgan fingerprint density at radius 3 is 2.71 bits per heavy atom. The molecule has 0 fully saturated rings. The molecule has 2 heterocycles. The lowest BCUT2D eigenvalue weighted by Crippen LogP contribution is -1.81. The molecule has 0 aliphatic carbocycles. The number of benzene rings is 1. The maximum Gasteiger partial charge on any atom is 0.145 e. The Morgan fingerprint density at radius 2 is 2.00 bits per heavy atom.